The quantitative estimate of drug-likeness (QED) is 0.778. The lowest BCUT2D eigenvalue weighted by atomic mass is 10.1. The van der Waals surface area contributed by atoms with Gasteiger partial charge in [-0.05, 0) is 43.2 Å². The second kappa shape index (κ2) is 9.21. The molecule has 0 saturated carbocycles. The smallest absolute Gasteiger partial charge is 0.251 e. The lowest BCUT2D eigenvalue weighted by molar-refractivity contribution is -0.133. The van der Waals surface area contributed by atoms with Crippen LogP contribution >= 0.6 is 11.8 Å². The number of anilines is 1. The van der Waals surface area contributed by atoms with Crippen molar-refractivity contribution in [3.63, 3.8) is 0 Å². The molecule has 0 aromatic heterocycles. The van der Waals surface area contributed by atoms with Gasteiger partial charge in [0, 0.05) is 49.0 Å². The van der Waals surface area contributed by atoms with Crippen LogP contribution < -0.4 is 10.6 Å². The maximum Gasteiger partial charge on any atom is 0.251 e. The zero-order valence-electron chi connectivity index (χ0n) is 15.1. The number of hydrogen-bond acceptors (Lipinski definition) is 4. The number of benzene rings is 1. The second-order valence-electron chi connectivity index (χ2n) is 6.90. The molecule has 3 amide bonds. The summed E-state index contributed by atoms with van der Waals surface area (Å²) < 4.78 is 13.9. The summed E-state index contributed by atoms with van der Waals surface area (Å²) in [5.41, 5.74) is 0.435. The Bertz CT molecular complexity index is 722. The van der Waals surface area contributed by atoms with Crippen molar-refractivity contribution in [2.24, 2.45) is 0 Å². The first kappa shape index (κ1) is 19.7. The first-order valence-electron chi connectivity index (χ1n) is 9.28. The summed E-state index contributed by atoms with van der Waals surface area (Å²) in [5, 5.41) is 5.52. The molecule has 146 valence electrons. The highest BCUT2D eigenvalue weighted by Gasteiger charge is 2.20. The number of carbonyl (C=O) groups is 3. The average Bonchev–Trinajstić information content (AvgIpc) is 3.13. The molecule has 2 saturated heterocycles. The molecular formula is C19H24FN3O3S. The molecule has 2 N–H and O–H groups in total. The number of likely N-dealkylation sites (tertiary alicyclic amines) is 1. The number of nitrogens with one attached hydrogen (secondary N) is 2. The van der Waals surface area contributed by atoms with E-state index in [1.807, 2.05) is 0 Å². The Morgan fingerprint density at radius 3 is 2.85 bits per heavy atom. The minimum absolute atomic E-state index is 0.0730. The van der Waals surface area contributed by atoms with Crippen molar-refractivity contribution in [1.29, 1.82) is 0 Å². The Morgan fingerprint density at radius 1 is 1.26 bits per heavy atom. The van der Waals surface area contributed by atoms with Crippen LogP contribution in [0.3, 0.4) is 0 Å². The van der Waals surface area contributed by atoms with E-state index >= 15 is 0 Å². The number of rotatable bonds is 6. The van der Waals surface area contributed by atoms with Gasteiger partial charge in [0.25, 0.3) is 5.91 Å². The fraction of sp³-hybridized carbons (Fsp3) is 0.526. The van der Waals surface area contributed by atoms with Crippen molar-refractivity contribution in [3.05, 3.63) is 29.6 Å². The molecule has 2 fully saturated rings. The van der Waals surface area contributed by atoms with Crippen LogP contribution in [-0.2, 0) is 9.59 Å². The average molecular weight is 393 g/mol. The van der Waals surface area contributed by atoms with Gasteiger partial charge in [0.2, 0.25) is 11.8 Å². The Labute approximate surface area is 162 Å². The molecule has 6 nitrogen and oxygen atoms in total. The van der Waals surface area contributed by atoms with Crippen molar-refractivity contribution in [1.82, 2.24) is 10.2 Å². The summed E-state index contributed by atoms with van der Waals surface area (Å²) in [7, 11) is 0. The lowest BCUT2D eigenvalue weighted by Gasteiger charge is -2.26. The molecule has 0 spiro atoms. The van der Waals surface area contributed by atoms with Gasteiger partial charge in [0.15, 0.2) is 0 Å². The van der Waals surface area contributed by atoms with Crippen LogP contribution in [0.4, 0.5) is 10.1 Å². The van der Waals surface area contributed by atoms with Gasteiger partial charge in [0.05, 0.1) is 0 Å². The molecule has 2 aliphatic heterocycles. The fourth-order valence-corrected chi connectivity index (χ4v) is 4.42. The first-order valence-corrected chi connectivity index (χ1v) is 10.4. The third kappa shape index (κ3) is 5.69. The molecule has 0 radical (unpaired) electrons. The third-order valence-corrected chi connectivity index (χ3v) is 5.90. The molecule has 1 atom stereocenters. The van der Waals surface area contributed by atoms with E-state index in [1.165, 1.54) is 18.2 Å². The van der Waals surface area contributed by atoms with Crippen LogP contribution in [0.25, 0.3) is 0 Å². The van der Waals surface area contributed by atoms with Gasteiger partial charge in [-0.25, -0.2) is 4.39 Å². The minimum atomic E-state index is -0.579. The van der Waals surface area contributed by atoms with E-state index in [0.29, 0.717) is 19.5 Å². The van der Waals surface area contributed by atoms with Crippen LogP contribution in [0.5, 0.6) is 0 Å². The number of piperidine rings is 1. The van der Waals surface area contributed by atoms with E-state index in [2.05, 4.69) is 10.6 Å². The van der Waals surface area contributed by atoms with Crippen molar-refractivity contribution < 1.29 is 18.8 Å². The maximum atomic E-state index is 13.9. The number of halogens is 1. The molecule has 1 unspecified atom stereocenters. The summed E-state index contributed by atoms with van der Waals surface area (Å²) in [5.74, 6) is 0.720. The molecule has 2 aliphatic rings. The van der Waals surface area contributed by atoms with E-state index in [0.717, 1.165) is 30.8 Å². The molecule has 3 rings (SSSR count). The van der Waals surface area contributed by atoms with Gasteiger partial charge in [-0.1, -0.05) is 0 Å². The van der Waals surface area contributed by atoms with Gasteiger partial charge in [-0.2, -0.15) is 11.8 Å². The maximum absolute atomic E-state index is 13.9. The monoisotopic (exact) mass is 393 g/mol. The predicted molar refractivity (Wildman–Crippen MR) is 103 cm³/mol. The highest BCUT2D eigenvalue weighted by molar-refractivity contribution is 7.99. The summed E-state index contributed by atoms with van der Waals surface area (Å²) in [4.78, 5) is 37.9. The van der Waals surface area contributed by atoms with Crippen molar-refractivity contribution in [2.75, 3.05) is 29.9 Å². The van der Waals surface area contributed by atoms with Gasteiger partial charge in [-0.3, -0.25) is 14.4 Å². The zero-order valence-corrected chi connectivity index (χ0v) is 15.9. The molecule has 8 heteroatoms. The van der Waals surface area contributed by atoms with Gasteiger partial charge in [-0.15, -0.1) is 0 Å². The van der Waals surface area contributed by atoms with Crippen molar-refractivity contribution >= 4 is 35.2 Å². The van der Waals surface area contributed by atoms with Crippen LogP contribution in [0, 0.1) is 5.82 Å². The third-order valence-electron chi connectivity index (χ3n) is 4.74. The summed E-state index contributed by atoms with van der Waals surface area (Å²) in [6, 6.07) is 3.93. The SMILES string of the molecule is O=C(CCN1CCCCC1=O)Nc1cc(F)cc(C(=O)NC2CCSC2)c1. The Hall–Kier alpha value is -2.09. The summed E-state index contributed by atoms with van der Waals surface area (Å²) in [6.45, 7) is 1.03. The molecule has 2 heterocycles. The molecule has 1 aromatic rings. The Kier molecular flexibility index (Phi) is 6.71. The number of thioether (sulfide) groups is 1. The van der Waals surface area contributed by atoms with Gasteiger partial charge < -0.3 is 15.5 Å². The van der Waals surface area contributed by atoms with Crippen LogP contribution in [0.1, 0.15) is 42.5 Å². The molecule has 0 bridgehead atoms. The second-order valence-corrected chi connectivity index (χ2v) is 8.05. The molecule has 0 aliphatic carbocycles. The van der Waals surface area contributed by atoms with Gasteiger partial charge >= 0.3 is 0 Å². The number of amides is 3. The lowest BCUT2D eigenvalue weighted by Crippen LogP contribution is -2.37. The largest absolute Gasteiger partial charge is 0.348 e. The summed E-state index contributed by atoms with van der Waals surface area (Å²) >= 11 is 1.78. The van der Waals surface area contributed by atoms with E-state index in [-0.39, 0.29) is 41.4 Å². The number of nitrogens with zero attached hydrogens (tertiary/aromatic N) is 1. The van der Waals surface area contributed by atoms with E-state index in [9.17, 15) is 18.8 Å². The van der Waals surface area contributed by atoms with Crippen molar-refractivity contribution in [3.8, 4) is 0 Å². The highest BCUT2D eigenvalue weighted by atomic mass is 32.2. The van der Waals surface area contributed by atoms with Crippen LogP contribution in [-0.4, -0.2) is 53.3 Å². The van der Waals surface area contributed by atoms with Gasteiger partial charge in [0.1, 0.15) is 5.82 Å². The predicted octanol–water partition coefficient (Wildman–Crippen LogP) is 2.40. The number of carbonyl (C=O) groups excluding carboxylic acids is 3. The van der Waals surface area contributed by atoms with E-state index in [4.69, 9.17) is 0 Å². The molecule has 27 heavy (non-hydrogen) atoms. The molecule has 1 aromatic carbocycles. The topological polar surface area (TPSA) is 78.5 Å². The van der Waals surface area contributed by atoms with Crippen LogP contribution in [0.15, 0.2) is 18.2 Å². The van der Waals surface area contributed by atoms with Crippen LogP contribution in [0.2, 0.25) is 0 Å². The summed E-state index contributed by atoms with van der Waals surface area (Å²) in [6.07, 6.45) is 3.43. The standard InChI is InChI=1S/C19H24FN3O3S/c20-14-9-13(19(26)22-15-5-8-27-12-15)10-16(11-14)21-17(24)4-7-23-6-2-1-3-18(23)25/h9-11,15H,1-8,12H2,(H,21,24)(H,22,26). The molecular weight excluding hydrogens is 369 g/mol. The highest BCUT2D eigenvalue weighted by Crippen LogP contribution is 2.19. The first-order chi connectivity index (χ1) is 13.0. The van der Waals surface area contributed by atoms with E-state index in [1.54, 1.807) is 16.7 Å². The Balaban J connectivity index is 1.55. The number of hydrogen-bond donors (Lipinski definition) is 2. The minimum Gasteiger partial charge on any atom is -0.348 e. The zero-order chi connectivity index (χ0) is 19.2. The Morgan fingerprint density at radius 2 is 2.11 bits per heavy atom. The fourth-order valence-electron chi connectivity index (χ4n) is 3.27. The van der Waals surface area contributed by atoms with E-state index < -0.39 is 5.82 Å². The van der Waals surface area contributed by atoms with Crippen molar-refractivity contribution in [2.45, 2.75) is 38.1 Å². The normalized spacial score (nSPS) is 19.8.